The number of alkyl halides is 1. The minimum atomic E-state index is -1.93. The third kappa shape index (κ3) is 2.97. The van der Waals surface area contributed by atoms with Gasteiger partial charge in [0.1, 0.15) is 6.17 Å². The van der Waals surface area contributed by atoms with E-state index in [2.05, 4.69) is 0 Å². The summed E-state index contributed by atoms with van der Waals surface area (Å²) in [4.78, 5) is 26.9. The van der Waals surface area contributed by atoms with E-state index in [0.717, 1.165) is 0 Å². The van der Waals surface area contributed by atoms with Crippen LogP contribution in [-0.2, 0) is 5.41 Å². The Kier molecular flexibility index (Phi) is 5.08. The average molecular weight is 346 g/mol. The molecule has 0 aliphatic rings. The van der Waals surface area contributed by atoms with E-state index >= 15 is 4.39 Å². The first-order valence-corrected chi connectivity index (χ1v) is 8.47. The average Bonchev–Trinajstić information content (AvgIpc) is 2.70. The summed E-state index contributed by atoms with van der Waals surface area (Å²) >= 11 is 0. The molecule has 0 bridgehead atoms. The summed E-state index contributed by atoms with van der Waals surface area (Å²) < 4.78 is 15.1. The molecule has 3 aromatic rings. The first kappa shape index (κ1) is 17.7. The maximum absolute atomic E-state index is 15.1. The molecule has 2 nitrogen and oxygen atoms in total. The number of hydrogen-bond donors (Lipinski definition) is 0. The summed E-state index contributed by atoms with van der Waals surface area (Å²) in [6.45, 7) is 1.27. The normalized spacial score (nSPS) is 12.4. The van der Waals surface area contributed by atoms with Crippen molar-refractivity contribution in [3.05, 3.63) is 108 Å². The van der Waals surface area contributed by atoms with Crippen LogP contribution in [0.15, 0.2) is 91.0 Å². The summed E-state index contributed by atoms with van der Waals surface area (Å²) in [7, 11) is 0. The van der Waals surface area contributed by atoms with Gasteiger partial charge < -0.3 is 0 Å². The lowest BCUT2D eigenvalue weighted by Gasteiger charge is -2.33. The third-order valence-electron chi connectivity index (χ3n) is 4.61. The van der Waals surface area contributed by atoms with Crippen molar-refractivity contribution in [1.82, 2.24) is 0 Å². The molecular weight excluding hydrogens is 327 g/mol. The molecular formula is C23H19FO2. The monoisotopic (exact) mass is 346 g/mol. The maximum Gasteiger partial charge on any atom is 0.184 e. The second-order valence-electron chi connectivity index (χ2n) is 6.18. The van der Waals surface area contributed by atoms with Gasteiger partial charge in [-0.25, -0.2) is 4.39 Å². The van der Waals surface area contributed by atoms with Crippen LogP contribution >= 0.6 is 0 Å². The van der Waals surface area contributed by atoms with Gasteiger partial charge in [0.2, 0.25) is 0 Å². The summed E-state index contributed by atoms with van der Waals surface area (Å²) in [6, 6.07) is 25.3. The molecule has 3 heteroatoms. The zero-order valence-electron chi connectivity index (χ0n) is 14.4. The van der Waals surface area contributed by atoms with Crippen LogP contribution in [0.5, 0.6) is 0 Å². The Bertz CT molecular complexity index is 836. The first-order valence-electron chi connectivity index (χ1n) is 8.47. The first-order chi connectivity index (χ1) is 12.6. The zero-order valence-corrected chi connectivity index (χ0v) is 14.4. The topological polar surface area (TPSA) is 34.1 Å². The molecule has 0 fully saturated rings. The van der Waals surface area contributed by atoms with E-state index in [9.17, 15) is 9.59 Å². The minimum Gasteiger partial charge on any atom is -0.293 e. The Hall–Kier alpha value is -3.07. The largest absolute Gasteiger partial charge is 0.293 e. The summed E-state index contributed by atoms with van der Waals surface area (Å²) in [5.41, 5.74) is -0.947. The van der Waals surface area contributed by atoms with Gasteiger partial charge in [-0.2, -0.15) is 0 Å². The molecule has 0 aromatic heterocycles. The van der Waals surface area contributed by atoms with E-state index in [1.165, 1.54) is 6.92 Å². The van der Waals surface area contributed by atoms with Gasteiger partial charge in [-0.15, -0.1) is 0 Å². The Morgan fingerprint density at radius 3 is 1.38 bits per heavy atom. The molecule has 0 aliphatic heterocycles. The second-order valence-corrected chi connectivity index (χ2v) is 6.18. The number of hydrogen-bond acceptors (Lipinski definition) is 2. The van der Waals surface area contributed by atoms with Crippen LogP contribution in [0.3, 0.4) is 0 Å². The molecule has 0 heterocycles. The highest BCUT2D eigenvalue weighted by Crippen LogP contribution is 2.37. The molecule has 26 heavy (non-hydrogen) atoms. The second kappa shape index (κ2) is 7.44. The molecule has 130 valence electrons. The summed E-state index contributed by atoms with van der Waals surface area (Å²) in [6.07, 6.45) is -1.70. The molecule has 0 N–H and O–H groups in total. The van der Waals surface area contributed by atoms with Crippen LogP contribution in [0.1, 0.15) is 33.2 Å². The summed E-state index contributed by atoms with van der Waals surface area (Å²) in [5, 5.41) is 0. The van der Waals surface area contributed by atoms with E-state index in [1.54, 1.807) is 91.0 Å². The number of Topliss-reactive ketones (excluding diaryl/α,β-unsaturated/α-hetero) is 2. The fourth-order valence-corrected chi connectivity index (χ4v) is 3.29. The molecule has 3 rings (SSSR count). The van der Waals surface area contributed by atoms with E-state index in [4.69, 9.17) is 0 Å². The van der Waals surface area contributed by atoms with Gasteiger partial charge in [0, 0.05) is 11.1 Å². The molecule has 0 saturated heterocycles. The fourth-order valence-electron chi connectivity index (χ4n) is 3.29. The number of carbonyl (C=O) groups excluding carboxylic acids is 2. The molecule has 1 unspecified atom stereocenters. The highest BCUT2D eigenvalue weighted by molar-refractivity contribution is 6.24. The van der Waals surface area contributed by atoms with Crippen molar-refractivity contribution in [1.29, 1.82) is 0 Å². The minimum absolute atomic E-state index is 0.310. The van der Waals surface area contributed by atoms with Crippen molar-refractivity contribution in [2.75, 3.05) is 0 Å². The fraction of sp³-hybridized carbons (Fsp3) is 0.130. The Morgan fingerprint density at radius 1 is 0.692 bits per heavy atom. The summed E-state index contributed by atoms with van der Waals surface area (Å²) in [5.74, 6) is -1.07. The van der Waals surface area contributed by atoms with Crippen LogP contribution in [0.4, 0.5) is 4.39 Å². The molecule has 0 saturated carbocycles. The van der Waals surface area contributed by atoms with Gasteiger partial charge in [0.25, 0.3) is 0 Å². The van der Waals surface area contributed by atoms with Crippen LogP contribution in [-0.4, -0.2) is 17.7 Å². The quantitative estimate of drug-likeness (QED) is 0.462. The van der Waals surface area contributed by atoms with Crippen molar-refractivity contribution in [3.8, 4) is 0 Å². The van der Waals surface area contributed by atoms with E-state index in [-0.39, 0.29) is 0 Å². The van der Waals surface area contributed by atoms with Crippen LogP contribution in [0, 0.1) is 0 Å². The van der Waals surface area contributed by atoms with Gasteiger partial charge in [-0.1, -0.05) is 91.0 Å². The van der Waals surface area contributed by atoms with Gasteiger partial charge in [-0.3, -0.25) is 9.59 Å². The van der Waals surface area contributed by atoms with Gasteiger partial charge >= 0.3 is 0 Å². The van der Waals surface area contributed by atoms with Crippen LogP contribution in [0.25, 0.3) is 0 Å². The number of ketones is 2. The maximum atomic E-state index is 15.1. The van der Waals surface area contributed by atoms with E-state index in [1.807, 2.05) is 0 Å². The Morgan fingerprint density at radius 2 is 1.04 bits per heavy atom. The highest BCUT2D eigenvalue weighted by Gasteiger charge is 2.52. The standard InChI is InChI=1S/C23H19FO2/c1-17(24)23(20-15-9-4-10-16-20,21(25)18-11-5-2-6-12-18)22(26)19-13-7-3-8-14-19/h2-17H,1H3. The lowest BCUT2D eigenvalue weighted by Crippen LogP contribution is -2.50. The SMILES string of the molecule is CC(F)C(C(=O)c1ccccc1)(C(=O)c1ccccc1)c1ccccc1. The van der Waals surface area contributed by atoms with Crippen LogP contribution < -0.4 is 0 Å². The van der Waals surface area contributed by atoms with Crippen molar-refractivity contribution in [2.24, 2.45) is 0 Å². The van der Waals surface area contributed by atoms with Gasteiger partial charge in [-0.05, 0) is 12.5 Å². The predicted octanol–water partition coefficient (Wildman–Crippen LogP) is 5.05. The highest BCUT2D eigenvalue weighted by atomic mass is 19.1. The molecule has 0 spiro atoms. The molecule has 3 aromatic carbocycles. The van der Waals surface area contributed by atoms with Crippen molar-refractivity contribution in [2.45, 2.75) is 18.5 Å². The molecule has 0 aliphatic carbocycles. The van der Waals surface area contributed by atoms with E-state index < -0.39 is 23.2 Å². The van der Waals surface area contributed by atoms with E-state index in [0.29, 0.717) is 16.7 Å². The van der Waals surface area contributed by atoms with Crippen LogP contribution in [0.2, 0.25) is 0 Å². The number of benzene rings is 3. The third-order valence-corrected chi connectivity index (χ3v) is 4.61. The number of carbonyl (C=O) groups is 2. The van der Waals surface area contributed by atoms with Crippen molar-refractivity contribution < 1.29 is 14.0 Å². The predicted molar refractivity (Wildman–Crippen MR) is 100 cm³/mol. The molecule has 0 radical (unpaired) electrons. The molecule has 1 atom stereocenters. The lowest BCUT2D eigenvalue weighted by atomic mass is 9.67. The Labute approximate surface area is 152 Å². The van der Waals surface area contributed by atoms with Gasteiger partial charge in [0.15, 0.2) is 17.0 Å². The van der Waals surface area contributed by atoms with Gasteiger partial charge in [0.05, 0.1) is 0 Å². The number of halogens is 1. The smallest absolute Gasteiger partial charge is 0.184 e. The van der Waals surface area contributed by atoms with Crippen molar-refractivity contribution in [3.63, 3.8) is 0 Å². The Balaban J connectivity index is 2.27. The lowest BCUT2D eigenvalue weighted by molar-refractivity contribution is 0.0661. The zero-order chi connectivity index (χ0) is 18.6. The number of rotatable bonds is 6. The van der Waals surface area contributed by atoms with Crippen molar-refractivity contribution >= 4 is 11.6 Å². The molecule has 0 amide bonds.